The molecule has 0 spiro atoms. The fourth-order valence-corrected chi connectivity index (χ4v) is 4.69. The number of rotatable bonds is 8. The molecule has 0 fully saturated rings. The summed E-state index contributed by atoms with van der Waals surface area (Å²) in [6, 6.07) is 23.5. The molecule has 3 aromatic carbocycles. The maximum atomic E-state index is 5.81. The van der Waals surface area contributed by atoms with Crippen LogP contribution in [0.1, 0.15) is 17.5 Å². The molecule has 0 saturated carbocycles. The van der Waals surface area contributed by atoms with Crippen molar-refractivity contribution >= 4 is 28.2 Å². The summed E-state index contributed by atoms with van der Waals surface area (Å²) in [5.74, 6) is 0.995. The lowest BCUT2D eigenvalue weighted by Crippen LogP contribution is -2.13. The third-order valence-corrected chi connectivity index (χ3v) is 6.41. The van der Waals surface area contributed by atoms with Gasteiger partial charge in [0.05, 0.1) is 6.33 Å². The van der Waals surface area contributed by atoms with Crippen LogP contribution in [0.5, 0.6) is 0 Å². The van der Waals surface area contributed by atoms with Gasteiger partial charge in [-0.2, -0.15) is 11.8 Å². The summed E-state index contributed by atoms with van der Waals surface area (Å²) in [4.78, 5) is 4.20. The average Bonchev–Trinajstić information content (AvgIpc) is 3.24. The lowest BCUT2D eigenvalue weighted by atomic mass is 10.00. The van der Waals surface area contributed by atoms with Crippen molar-refractivity contribution in [2.24, 2.45) is 0 Å². The number of benzene rings is 3. The molecular weight excluding hydrogens is 362 g/mol. The lowest BCUT2D eigenvalue weighted by molar-refractivity contribution is 0.624. The molecule has 0 amide bonds. The normalized spacial score (nSPS) is 12.3. The van der Waals surface area contributed by atoms with Crippen molar-refractivity contribution in [2.75, 3.05) is 5.73 Å². The van der Waals surface area contributed by atoms with Crippen LogP contribution >= 0.6 is 11.8 Å². The minimum Gasteiger partial charge on any atom is -0.399 e. The summed E-state index contributed by atoms with van der Waals surface area (Å²) in [7, 11) is 0. The van der Waals surface area contributed by atoms with Gasteiger partial charge in [0.25, 0.3) is 0 Å². The van der Waals surface area contributed by atoms with E-state index in [0.717, 1.165) is 30.8 Å². The molecule has 1 heterocycles. The van der Waals surface area contributed by atoms with Crippen molar-refractivity contribution in [3.8, 4) is 0 Å². The highest BCUT2D eigenvalue weighted by Crippen LogP contribution is 2.26. The molecule has 4 rings (SSSR count). The molecule has 0 aliphatic rings. The van der Waals surface area contributed by atoms with E-state index in [-0.39, 0.29) is 0 Å². The quantitative estimate of drug-likeness (QED) is 0.403. The van der Waals surface area contributed by atoms with Crippen LogP contribution in [0.25, 0.3) is 10.8 Å². The van der Waals surface area contributed by atoms with E-state index in [1.807, 2.05) is 36.4 Å². The fraction of sp³-hybridized carbons (Fsp3) is 0.208. The van der Waals surface area contributed by atoms with Gasteiger partial charge in [-0.3, -0.25) is 0 Å². The SMILES string of the molecule is Nc1ccc(CSC(CCc2cccc3ccccc23)Cn2ccnc2)cc1. The van der Waals surface area contributed by atoms with E-state index in [1.165, 1.54) is 21.9 Å². The Kier molecular flexibility index (Phi) is 5.98. The number of nitrogen functional groups attached to an aromatic ring is 1. The average molecular weight is 388 g/mol. The van der Waals surface area contributed by atoms with Crippen LogP contribution in [0.4, 0.5) is 5.69 Å². The van der Waals surface area contributed by atoms with Gasteiger partial charge in [-0.05, 0) is 46.9 Å². The first-order chi connectivity index (χ1) is 13.8. The highest BCUT2D eigenvalue weighted by atomic mass is 32.2. The van der Waals surface area contributed by atoms with Gasteiger partial charge in [0.1, 0.15) is 0 Å². The zero-order valence-corrected chi connectivity index (χ0v) is 16.7. The molecule has 4 aromatic rings. The fourth-order valence-electron chi connectivity index (χ4n) is 3.51. The van der Waals surface area contributed by atoms with Gasteiger partial charge in [0.2, 0.25) is 0 Å². The topological polar surface area (TPSA) is 43.8 Å². The second kappa shape index (κ2) is 8.98. The monoisotopic (exact) mass is 387 g/mol. The van der Waals surface area contributed by atoms with Gasteiger partial charge >= 0.3 is 0 Å². The van der Waals surface area contributed by atoms with E-state index in [0.29, 0.717) is 5.25 Å². The molecule has 3 nitrogen and oxygen atoms in total. The highest BCUT2D eigenvalue weighted by Gasteiger charge is 2.12. The first-order valence-corrected chi connectivity index (χ1v) is 10.7. The van der Waals surface area contributed by atoms with Crippen LogP contribution in [0, 0.1) is 0 Å². The number of nitrogens with two attached hydrogens (primary N) is 1. The van der Waals surface area contributed by atoms with E-state index < -0.39 is 0 Å². The number of aryl methyl sites for hydroxylation is 1. The molecule has 0 bridgehead atoms. The smallest absolute Gasteiger partial charge is 0.0946 e. The molecule has 1 aromatic heterocycles. The Balaban J connectivity index is 1.45. The maximum absolute atomic E-state index is 5.81. The molecule has 1 atom stereocenters. The molecule has 2 N–H and O–H groups in total. The molecule has 4 heteroatoms. The van der Waals surface area contributed by atoms with Crippen LogP contribution < -0.4 is 5.73 Å². The largest absolute Gasteiger partial charge is 0.399 e. The van der Waals surface area contributed by atoms with Crippen LogP contribution in [-0.2, 0) is 18.7 Å². The lowest BCUT2D eigenvalue weighted by Gasteiger charge is -2.18. The zero-order chi connectivity index (χ0) is 19.2. The maximum Gasteiger partial charge on any atom is 0.0946 e. The van der Waals surface area contributed by atoms with E-state index in [2.05, 4.69) is 70.3 Å². The third-order valence-electron chi connectivity index (χ3n) is 5.05. The first kappa shape index (κ1) is 18.6. The minimum absolute atomic E-state index is 0.519. The van der Waals surface area contributed by atoms with Gasteiger partial charge in [0, 0.05) is 35.6 Å². The van der Waals surface area contributed by atoms with E-state index >= 15 is 0 Å². The molecule has 142 valence electrons. The first-order valence-electron chi connectivity index (χ1n) is 9.66. The van der Waals surface area contributed by atoms with Gasteiger partial charge in [0.15, 0.2) is 0 Å². The van der Waals surface area contributed by atoms with Crippen molar-refractivity contribution in [1.29, 1.82) is 0 Å². The Morgan fingerprint density at radius 2 is 1.79 bits per heavy atom. The summed E-state index contributed by atoms with van der Waals surface area (Å²) >= 11 is 2.01. The van der Waals surface area contributed by atoms with Crippen LogP contribution in [0.15, 0.2) is 85.5 Å². The summed E-state index contributed by atoms with van der Waals surface area (Å²) in [5, 5.41) is 3.21. The van der Waals surface area contributed by atoms with E-state index in [4.69, 9.17) is 5.73 Å². The Bertz CT molecular complexity index is 1000. The predicted octanol–water partition coefficient (Wildman–Crippen LogP) is 5.55. The number of thioether (sulfide) groups is 1. The van der Waals surface area contributed by atoms with Gasteiger partial charge in [-0.1, -0.05) is 54.6 Å². The minimum atomic E-state index is 0.519. The van der Waals surface area contributed by atoms with Gasteiger partial charge in [-0.15, -0.1) is 0 Å². The summed E-state index contributed by atoms with van der Waals surface area (Å²) in [6.45, 7) is 0.977. The van der Waals surface area contributed by atoms with Crippen molar-refractivity contribution < 1.29 is 0 Å². The molecule has 28 heavy (non-hydrogen) atoms. The second-order valence-corrected chi connectivity index (χ2v) is 8.40. The Labute approximate surface area is 170 Å². The summed E-state index contributed by atoms with van der Waals surface area (Å²) < 4.78 is 2.18. The number of hydrogen-bond donors (Lipinski definition) is 1. The standard InChI is InChI=1S/C24H25N3S/c25-22-11-8-19(9-12-22)17-28-23(16-27-15-14-26-18-27)13-10-21-6-3-5-20-4-1-2-7-24(20)21/h1-9,11-12,14-15,18,23H,10,13,16-17,25H2. The van der Waals surface area contributed by atoms with Crippen LogP contribution in [-0.4, -0.2) is 14.8 Å². The van der Waals surface area contributed by atoms with Crippen molar-refractivity contribution in [3.05, 3.63) is 96.6 Å². The van der Waals surface area contributed by atoms with Gasteiger partial charge < -0.3 is 10.3 Å². The molecule has 0 saturated heterocycles. The zero-order valence-electron chi connectivity index (χ0n) is 15.9. The Morgan fingerprint density at radius 3 is 2.61 bits per heavy atom. The van der Waals surface area contributed by atoms with Crippen molar-refractivity contribution in [1.82, 2.24) is 9.55 Å². The van der Waals surface area contributed by atoms with Gasteiger partial charge in [-0.25, -0.2) is 4.98 Å². The third kappa shape index (κ3) is 4.76. The van der Waals surface area contributed by atoms with E-state index in [9.17, 15) is 0 Å². The van der Waals surface area contributed by atoms with Crippen LogP contribution in [0.2, 0.25) is 0 Å². The van der Waals surface area contributed by atoms with E-state index in [1.54, 1.807) is 0 Å². The number of fused-ring (bicyclic) bond motifs is 1. The summed E-state index contributed by atoms with van der Waals surface area (Å²) in [5.41, 5.74) is 9.38. The van der Waals surface area contributed by atoms with Crippen molar-refractivity contribution in [2.45, 2.75) is 30.4 Å². The van der Waals surface area contributed by atoms with Crippen LogP contribution in [0.3, 0.4) is 0 Å². The number of hydrogen-bond acceptors (Lipinski definition) is 3. The summed E-state index contributed by atoms with van der Waals surface area (Å²) in [6.07, 6.45) is 8.02. The van der Waals surface area contributed by atoms with Crippen molar-refractivity contribution in [3.63, 3.8) is 0 Å². The molecular formula is C24H25N3S. The second-order valence-electron chi connectivity index (χ2n) is 7.11. The number of imidazole rings is 1. The molecule has 0 radical (unpaired) electrons. The highest BCUT2D eigenvalue weighted by molar-refractivity contribution is 7.99. The number of nitrogens with zero attached hydrogens (tertiary/aromatic N) is 2. The molecule has 0 aliphatic heterocycles. The molecule has 0 aliphatic carbocycles. The Hall–Kier alpha value is -2.72. The number of aromatic nitrogens is 2. The Morgan fingerprint density at radius 1 is 0.964 bits per heavy atom. The molecule has 1 unspecified atom stereocenters. The predicted molar refractivity (Wildman–Crippen MR) is 120 cm³/mol. The number of anilines is 1.